The lowest BCUT2D eigenvalue weighted by atomic mass is 9.87. The van der Waals surface area contributed by atoms with Crippen LogP contribution < -0.4 is 0 Å². The van der Waals surface area contributed by atoms with Gasteiger partial charge in [-0.15, -0.1) is 0 Å². The number of hydrogen-bond acceptors (Lipinski definition) is 6. The van der Waals surface area contributed by atoms with Crippen LogP contribution in [0.4, 0.5) is 0 Å². The molecular formula is C60H52N6O2. The monoisotopic (exact) mass is 888 g/mol. The molecule has 68 heavy (non-hydrogen) atoms. The Morgan fingerprint density at radius 2 is 0.647 bits per heavy atom. The number of hydrogen-bond donors (Lipinski definition) is 0. The van der Waals surface area contributed by atoms with Crippen LogP contribution in [0.25, 0.3) is 88.4 Å². The average Bonchev–Trinajstić information content (AvgIpc) is 3.99. The Morgan fingerprint density at radius 1 is 0.338 bits per heavy atom. The Balaban J connectivity index is 1.00. The number of nitrogens with zero attached hydrogens (tertiary/aromatic N) is 6. The largest absolute Gasteiger partial charge is 0.469 e. The summed E-state index contributed by atoms with van der Waals surface area (Å²) in [5.41, 5.74) is 13.4. The Morgan fingerprint density at radius 3 is 0.956 bits per heavy atom. The smallest absolute Gasteiger partial charge is 0.218 e. The second kappa shape index (κ2) is 14.8. The van der Waals surface area contributed by atoms with E-state index >= 15 is 0 Å². The molecule has 0 saturated carbocycles. The minimum Gasteiger partial charge on any atom is -0.469 e. The molecule has 4 aromatic heterocycles. The Hall–Kier alpha value is -7.84. The first-order valence-electron chi connectivity index (χ1n) is 23.4. The number of para-hydroxylation sites is 2. The summed E-state index contributed by atoms with van der Waals surface area (Å²) in [6.07, 6.45) is 7.55. The van der Waals surface area contributed by atoms with Crippen LogP contribution in [0.5, 0.6) is 0 Å². The van der Waals surface area contributed by atoms with Gasteiger partial charge >= 0.3 is 0 Å². The van der Waals surface area contributed by atoms with E-state index in [4.69, 9.17) is 19.5 Å². The molecule has 6 aromatic carbocycles. The third kappa shape index (κ3) is 6.56. The summed E-state index contributed by atoms with van der Waals surface area (Å²) in [6.45, 7) is 16.8. The summed E-state index contributed by atoms with van der Waals surface area (Å²) >= 11 is 0. The maximum Gasteiger partial charge on any atom is 0.218 e. The summed E-state index contributed by atoms with van der Waals surface area (Å²) in [4.78, 5) is 19.3. The van der Waals surface area contributed by atoms with Gasteiger partial charge in [-0.25, -0.2) is 9.98 Å². The molecule has 8 nitrogen and oxygen atoms in total. The summed E-state index contributed by atoms with van der Waals surface area (Å²) in [5.74, 6) is 1.26. The number of benzene rings is 6. The fourth-order valence-electron chi connectivity index (χ4n) is 9.71. The fraction of sp³-hybridized carbons (Fsp3) is 0.200. The molecule has 0 fully saturated rings. The van der Waals surface area contributed by atoms with Crippen molar-refractivity contribution in [3.63, 3.8) is 0 Å². The molecule has 0 saturated heterocycles. The predicted molar refractivity (Wildman–Crippen MR) is 279 cm³/mol. The van der Waals surface area contributed by atoms with Gasteiger partial charge in [0.15, 0.2) is 0 Å². The first-order chi connectivity index (χ1) is 32.6. The highest BCUT2D eigenvalue weighted by molar-refractivity contribution is 6.14. The number of ether oxygens (including phenoxy) is 2. The molecule has 10 aromatic rings. The van der Waals surface area contributed by atoms with E-state index in [1.165, 1.54) is 10.8 Å². The van der Waals surface area contributed by atoms with Gasteiger partial charge in [0.2, 0.25) is 11.8 Å². The second-order valence-electron chi connectivity index (χ2n) is 20.4. The van der Waals surface area contributed by atoms with E-state index in [1.807, 2.05) is 24.8 Å². The molecule has 8 heteroatoms. The molecule has 0 unspecified atom stereocenters. The van der Waals surface area contributed by atoms with Crippen LogP contribution in [0.15, 0.2) is 180 Å². The van der Waals surface area contributed by atoms with Gasteiger partial charge < -0.3 is 18.6 Å². The maximum atomic E-state index is 6.40. The Labute approximate surface area is 396 Å². The SMILES string of the molecule is CC1(C)N=C(c2cncc(-c3ccc4c(c3)c3cc(-c5ccc6c(c5)c5cc(-c7cncc(C8=NC(C)(C)C(C)(C)O8)c7)ccc5n6-c5ccccc5)ccc3n4-c3ccccc3)c2)OC1(C)C. The van der Waals surface area contributed by atoms with Gasteiger partial charge in [-0.3, -0.25) is 9.97 Å². The van der Waals surface area contributed by atoms with Crippen LogP contribution >= 0.6 is 0 Å². The third-order valence-corrected chi connectivity index (χ3v) is 14.9. The van der Waals surface area contributed by atoms with Gasteiger partial charge in [0.05, 0.1) is 44.3 Å². The van der Waals surface area contributed by atoms with E-state index in [9.17, 15) is 0 Å². The number of pyridine rings is 2. The number of rotatable bonds is 7. The van der Waals surface area contributed by atoms with E-state index in [0.29, 0.717) is 11.8 Å². The zero-order valence-corrected chi connectivity index (χ0v) is 39.7. The topological polar surface area (TPSA) is 78.8 Å². The molecule has 6 heterocycles. The molecule has 334 valence electrons. The highest BCUT2D eigenvalue weighted by Crippen LogP contribution is 2.42. The van der Waals surface area contributed by atoms with E-state index in [-0.39, 0.29) is 11.1 Å². The van der Waals surface area contributed by atoms with Crippen molar-refractivity contribution in [3.8, 4) is 44.8 Å². The van der Waals surface area contributed by atoms with Gasteiger partial charge in [-0.05, 0) is 163 Å². The summed E-state index contributed by atoms with van der Waals surface area (Å²) in [6, 6.07) is 52.8. The molecule has 0 bridgehead atoms. The van der Waals surface area contributed by atoms with Crippen molar-refractivity contribution in [1.82, 2.24) is 19.1 Å². The molecule has 0 spiro atoms. The highest BCUT2D eigenvalue weighted by Gasteiger charge is 2.46. The fourth-order valence-corrected chi connectivity index (χ4v) is 9.71. The van der Waals surface area contributed by atoms with Crippen molar-refractivity contribution < 1.29 is 9.47 Å². The molecule has 0 radical (unpaired) electrons. The molecule has 0 N–H and O–H groups in total. The molecule has 0 atom stereocenters. The molecule has 0 aliphatic carbocycles. The number of aromatic nitrogens is 4. The molecule has 2 aliphatic heterocycles. The minimum absolute atomic E-state index is 0.359. The van der Waals surface area contributed by atoms with Crippen molar-refractivity contribution in [2.75, 3.05) is 0 Å². The average molecular weight is 889 g/mol. The minimum atomic E-state index is -0.429. The van der Waals surface area contributed by atoms with E-state index in [1.54, 1.807) is 0 Å². The lowest BCUT2D eigenvalue weighted by molar-refractivity contribution is 0.0618. The molecule has 12 rings (SSSR count). The van der Waals surface area contributed by atoms with Crippen molar-refractivity contribution in [2.45, 2.75) is 77.7 Å². The molecule has 2 aliphatic rings. The quantitative estimate of drug-likeness (QED) is 0.160. The maximum absolute atomic E-state index is 6.40. The molecule has 0 amide bonds. The van der Waals surface area contributed by atoms with Crippen molar-refractivity contribution in [1.29, 1.82) is 0 Å². The standard InChI is InChI=1S/C60H52N6O2/c1-57(2)59(5,6)67-55(63-57)43-27-41(33-61-35-43)39-21-25-53-49(31-39)47-29-37(19-23-51(47)65(53)45-15-11-9-12-16-45)38-20-24-52-48(30-38)50-32-40(22-26-54(50)66(52)46-17-13-10-14-18-46)42-28-44(36-62-34-42)56-64-58(3,4)60(7,8)68-56/h9-36H,1-8H3. The van der Waals surface area contributed by atoms with Gasteiger partial charge in [-0.1, -0.05) is 60.7 Å². The zero-order valence-electron chi connectivity index (χ0n) is 39.7. The first kappa shape index (κ1) is 41.6. The van der Waals surface area contributed by atoms with Crippen molar-refractivity contribution in [2.24, 2.45) is 9.98 Å². The highest BCUT2D eigenvalue weighted by atomic mass is 16.5. The van der Waals surface area contributed by atoms with E-state index < -0.39 is 11.2 Å². The number of aliphatic imine (C=N–C) groups is 2. The van der Waals surface area contributed by atoms with Crippen LogP contribution in [-0.4, -0.2) is 53.2 Å². The normalized spacial score (nSPS) is 16.8. The van der Waals surface area contributed by atoms with Crippen LogP contribution in [0.2, 0.25) is 0 Å². The van der Waals surface area contributed by atoms with E-state index in [0.717, 1.165) is 88.7 Å². The van der Waals surface area contributed by atoms with Gasteiger partial charge in [-0.2, -0.15) is 0 Å². The first-order valence-corrected chi connectivity index (χ1v) is 23.4. The third-order valence-electron chi connectivity index (χ3n) is 14.9. The van der Waals surface area contributed by atoms with E-state index in [2.05, 4.69) is 220 Å². The van der Waals surface area contributed by atoms with Gasteiger partial charge in [0.25, 0.3) is 0 Å². The zero-order chi connectivity index (χ0) is 46.7. The van der Waals surface area contributed by atoms with Crippen molar-refractivity contribution >= 4 is 55.4 Å². The lowest BCUT2D eigenvalue weighted by Gasteiger charge is -2.30. The van der Waals surface area contributed by atoms with Crippen LogP contribution in [0.1, 0.15) is 66.5 Å². The van der Waals surface area contributed by atoms with Gasteiger partial charge in [0, 0.05) is 68.8 Å². The van der Waals surface area contributed by atoms with Crippen molar-refractivity contribution in [3.05, 3.63) is 182 Å². The second-order valence-corrected chi connectivity index (χ2v) is 20.4. The summed E-state index contributed by atoms with van der Waals surface area (Å²) in [5, 5.41) is 4.66. The number of fused-ring (bicyclic) bond motifs is 6. The van der Waals surface area contributed by atoms with Gasteiger partial charge in [0.1, 0.15) is 11.2 Å². The molecular weight excluding hydrogens is 837 g/mol. The Kier molecular flexibility index (Phi) is 9.07. The lowest BCUT2D eigenvalue weighted by Crippen LogP contribution is -2.41. The summed E-state index contributed by atoms with van der Waals surface area (Å²) < 4.78 is 17.5. The van der Waals surface area contributed by atoms with Crippen LogP contribution in [0, 0.1) is 0 Å². The predicted octanol–water partition coefficient (Wildman–Crippen LogP) is 14.3. The Bertz CT molecular complexity index is 3490. The summed E-state index contributed by atoms with van der Waals surface area (Å²) in [7, 11) is 0. The van der Waals surface area contributed by atoms with Crippen LogP contribution in [0.3, 0.4) is 0 Å². The van der Waals surface area contributed by atoms with Crippen LogP contribution in [-0.2, 0) is 9.47 Å².